The number of fused-ring (bicyclic) bond motifs is 2. The van der Waals surface area contributed by atoms with Crippen molar-refractivity contribution in [1.29, 1.82) is 0 Å². The Balaban J connectivity index is 2.00. The average Bonchev–Trinajstić information content (AvgIpc) is 2.65. The van der Waals surface area contributed by atoms with Crippen molar-refractivity contribution in [3.63, 3.8) is 0 Å². The zero-order valence-corrected chi connectivity index (χ0v) is 17.9. The molecule has 0 aliphatic carbocycles. The molecule has 136 valence electrons. The number of aromatic nitrogens is 1. The van der Waals surface area contributed by atoms with Gasteiger partial charge in [-0.15, -0.1) is 0 Å². The zero-order valence-electron chi connectivity index (χ0n) is 16.9. The number of nitrogens with zero attached hydrogens (tertiary/aromatic N) is 1. The summed E-state index contributed by atoms with van der Waals surface area (Å²) in [5.74, 6) is 0.533. The molecule has 0 atom stereocenters. The van der Waals surface area contributed by atoms with Crippen LogP contribution < -0.4 is 5.19 Å². The van der Waals surface area contributed by atoms with Crippen LogP contribution in [0.2, 0.25) is 19.6 Å². The molecule has 1 aromatic heterocycles. The van der Waals surface area contributed by atoms with Gasteiger partial charge >= 0.3 is 0 Å². The van der Waals surface area contributed by atoms with Gasteiger partial charge in [-0.3, -0.25) is 4.98 Å². The molecule has 0 spiro atoms. The zero-order chi connectivity index (χ0) is 19.2. The van der Waals surface area contributed by atoms with E-state index in [2.05, 4.69) is 94.2 Å². The molecular formula is C25H27NSi. The van der Waals surface area contributed by atoms with Gasteiger partial charge in [0.25, 0.3) is 0 Å². The van der Waals surface area contributed by atoms with Gasteiger partial charge < -0.3 is 0 Å². The van der Waals surface area contributed by atoms with E-state index in [-0.39, 0.29) is 0 Å². The molecule has 0 fully saturated rings. The SMILES string of the molecule is CC(C)c1ccc2c(-c3cc([Si](C)(C)C)c4ccccc4c3)nccc2c1. The summed E-state index contributed by atoms with van der Waals surface area (Å²) in [6.07, 6.45) is 1.95. The van der Waals surface area contributed by atoms with Gasteiger partial charge in [-0.2, -0.15) is 0 Å². The molecule has 0 N–H and O–H groups in total. The van der Waals surface area contributed by atoms with Gasteiger partial charge in [0.1, 0.15) is 0 Å². The van der Waals surface area contributed by atoms with Crippen LogP contribution in [0.1, 0.15) is 25.3 Å². The number of hydrogen-bond acceptors (Lipinski definition) is 1. The van der Waals surface area contributed by atoms with E-state index >= 15 is 0 Å². The Morgan fingerprint density at radius 1 is 0.778 bits per heavy atom. The van der Waals surface area contributed by atoms with E-state index in [0.29, 0.717) is 5.92 Å². The summed E-state index contributed by atoms with van der Waals surface area (Å²) in [5, 5.41) is 6.72. The third-order valence-corrected chi connectivity index (χ3v) is 7.43. The first kappa shape index (κ1) is 17.9. The quantitative estimate of drug-likeness (QED) is 0.365. The van der Waals surface area contributed by atoms with Gasteiger partial charge in [-0.25, -0.2) is 0 Å². The van der Waals surface area contributed by atoms with Crippen LogP contribution in [-0.4, -0.2) is 13.1 Å². The third kappa shape index (κ3) is 3.30. The van der Waals surface area contributed by atoms with Crippen LogP contribution in [0.25, 0.3) is 32.8 Å². The summed E-state index contributed by atoms with van der Waals surface area (Å²) in [6, 6.07) is 22.4. The second-order valence-electron chi connectivity index (χ2n) is 8.79. The van der Waals surface area contributed by atoms with Crippen molar-refractivity contribution in [1.82, 2.24) is 4.98 Å². The largest absolute Gasteiger partial charge is 0.256 e. The number of hydrogen-bond donors (Lipinski definition) is 0. The van der Waals surface area contributed by atoms with Gasteiger partial charge in [0.15, 0.2) is 0 Å². The monoisotopic (exact) mass is 369 g/mol. The van der Waals surface area contributed by atoms with E-state index in [0.717, 1.165) is 5.69 Å². The summed E-state index contributed by atoms with van der Waals surface area (Å²) in [5.41, 5.74) is 3.70. The van der Waals surface area contributed by atoms with Gasteiger partial charge in [0.2, 0.25) is 0 Å². The highest BCUT2D eigenvalue weighted by Gasteiger charge is 2.21. The highest BCUT2D eigenvalue weighted by atomic mass is 28.3. The highest BCUT2D eigenvalue weighted by Crippen LogP contribution is 2.31. The lowest BCUT2D eigenvalue weighted by Crippen LogP contribution is -2.38. The summed E-state index contributed by atoms with van der Waals surface area (Å²) < 4.78 is 0. The third-order valence-electron chi connectivity index (χ3n) is 5.40. The minimum atomic E-state index is -1.48. The molecule has 4 aromatic rings. The summed E-state index contributed by atoms with van der Waals surface area (Å²) >= 11 is 0. The van der Waals surface area contributed by atoms with Crippen LogP contribution in [0.15, 0.2) is 66.9 Å². The Bertz CT molecular complexity index is 1140. The molecule has 2 heteroatoms. The second-order valence-corrected chi connectivity index (χ2v) is 13.8. The second kappa shape index (κ2) is 6.61. The standard InChI is InChI=1S/C25H27NSi/c1-17(2)18-10-11-23-20(14-18)12-13-26-25(23)21-15-19-8-6-7-9-22(19)24(16-21)27(3,4)5/h6-17H,1-5H3. The summed E-state index contributed by atoms with van der Waals surface area (Å²) in [4.78, 5) is 4.80. The molecule has 0 unspecified atom stereocenters. The first-order valence-corrected chi connectivity index (χ1v) is 13.3. The number of pyridine rings is 1. The lowest BCUT2D eigenvalue weighted by atomic mass is 9.96. The van der Waals surface area contributed by atoms with Gasteiger partial charge in [0.05, 0.1) is 13.8 Å². The topological polar surface area (TPSA) is 12.9 Å². The number of benzene rings is 3. The van der Waals surface area contributed by atoms with Crippen molar-refractivity contribution in [3.8, 4) is 11.3 Å². The molecule has 1 heterocycles. The molecule has 1 nitrogen and oxygen atoms in total. The van der Waals surface area contributed by atoms with Crippen LogP contribution in [0, 0.1) is 0 Å². The maximum absolute atomic E-state index is 4.80. The van der Waals surface area contributed by atoms with Crippen molar-refractivity contribution in [3.05, 3.63) is 72.4 Å². The molecule has 0 saturated carbocycles. The van der Waals surface area contributed by atoms with Gasteiger partial charge in [-0.1, -0.05) is 87.2 Å². The average molecular weight is 370 g/mol. The summed E-state index contributed by atoms with van der Waals surface area (Å²) in [7, 11) is -1.48. The minimum Gasteiger partial charge on any atom is -0.256 e. The van der Waals surface area contributed by atoms with Crippen LogP contribution in [0.4, 0.5) is 0 Å². The maximum Gasteiger partial charge on any atom is 0.0784 e. The van der Waals surface area contributed by atoms with E-state index in [1.165, 1.54) is 37.9 Å². The first-order valence-electron chi connectivity index (χ1n) is 9.77. The van der Waals surface area contributed by atoms with Gasteiger partial charge in [0, 0.05) is 17.1 Å². The summed E-state index contributed by atoms with van der Waals surface area (Å²) in [6.45, 7) is 11.7. The van der Waals surface area contributed by atoms with Crippen LogP contribution in [0.5, 0.6) is 0 Å². The predicted octanol–water partition coefficient (Wildman–Crippen LogP) is 6.72. The van der Waals surface area contributed by atoms with Crippen LogP contribution in [-0.2, 0) is 0 Å². The first-order chi connectivity index (χ1) is 12.8. The Labute approximate surface area is 163 Å². The Morgan fingerprint density at radius 3 is 2.26 bits per heavy atom. The molecule has 0 saturated heterocycles. The molecule has 0 amide bonds. The molecule has 27 heavy (non-hydrogen) atoms. The lowest BCUT2D eigenvalue weighted by molar-refractivity contribution is 0.869. The minimum absolute atomic E-state index is 0.533. The molecule has 0 bridgehead atoms. The van der Waals surface area contributed by atoms with E-state index in [4.69, 9.17) is 4.98 Å². The maximum atomic E-state index is 4.80. The Kier molecular flexibility index (Phi) is 4.39. The molecule has 4 rings (SSSR count). The van der Waals surface area contributed by atoms with Crippen molar-refractivity contribution >= 4 is 34.8 Å². The predicted molar refractivity (Wildman–Crippen MR) is 122 cm³/mol. The molecule has 0 radical (unpaired) electrons. The van der Waals surface area contributed by atoms with Crippen LogP contribution in [0.3, 0.4) is 0 Å². The Morgan fingerprint density at radius 2 is 1.52 bits per heavy atom. The van der Waals surface area contributed by atoms with Crippen molar-refractivity contribution in [2.75, 3.05) is 0 Å². The molecule has 0 aliphatic heterocycles. The lowest BCUT2D eigenvalue weighted by Gasteiger charge is -2.21. The highest BCUT2D eigenvalue weighted by molar-refractivity contribution is 6.90. The van der Waals surface area contributed by atoms with E-state index < -0.39 is 8.07 Å². The molecule has 0 aliphatic rings. The normalized spacial score (nSPS) is 12.2. The number of rotatable bonds is 3. The smallest absolute Gasteiger partial charge is 0.0784 e. The van der Waals surface area contributed by atoms with E-state index in [1.807, 2.05) is 6.20 Å². The Hall–Kier alpha value is -2.45. The molecular weight excluding hydrogens is 342 g/mol. The van der Waals surface area contributed by atoms with Crippen LogP contribution >= 0.6 is 0 Å². The van der Waals surface area contributed by atoms with Gasteiger partial charge in [-0.05, 0) is 39.8 Å². The molecule has 3 aromatic carbocycles. The van der Waals surface area contributed by atoms with E-state index in [9.17, 15) is 0 Å². The fraction of sp³-hybridized carbons (Fsp3) is 0.240. The fourth-order valence-corrected chi connectivity index (χ4v) is 5.48. The fourth-order valence-electron chi connectivity index (χ4n) is 3.85. The van der Waals surface area contributed by atoms with Crippen molar-refractivity contribution in [2.45, 2.75) is 39.4 Å². The van der Waals surface area contributed by atoms with Crippen molar-refractivity contribution < 1.29 is 0 Å². The van der Waals surface area contributed by atoms with E-state index in [1.54, 1.807) is 0 Å². The van der Waals surface area contributed by atoms with Crippen molar-refractivity contribution in [2.24, 2.45) is 0 Å².